The van der Waals surface area contributed by atoms with Crippen LogP contribution in [0.25, 0.3) is 0 Å². The lowest BCUT2D eigenvalue weighted by Crippen LogP contribution is -2.35. The molecule has 0 amide bonds. The van der Waals surface area contributed by atoms with E-state index in [9.17, 15) is 13.2 Å². The normalized spacial score (nSPS) is 30.5. The Morgan fingerprint density at radius 2 is 2.08 bits per heavy atom. The van der Waals surface area contributed by atoms with E-state index in [1.54, 1.807) is 0 Å². The lowest BCUT2D eigenvalue weighted by molar-refractivity contribution is -0.276. The summed E-state index contributed by atoms with van der Waals surface area (Å²) in [6.07, 6.45) is -2.96. The first-order valence-corrected chi connectivity index (χ1v) is 4.72. The Morgan fingerprint density at radius 1 is 1.38 bits per heavy atom. The van der Waals surface area contributed by atoms with E-state index < -0.39 is 18.2 Å². The van der Waals surface area contributed by atoms with Crippen LogP contribution in [0.4, 0.5) is 13.2 Å². The van der Waals surface area contributed by atoms with Gasteiger partial charge in [-0.15, -0.1) is 0 Å². The van der Waals surface area contributed by atoms with Crippen molar-refractivity contribution in [3.63, 3.8) is 0 Å². The Morgan fingerprint density at radius 3 is 2.62 bits per heavy atom. The van der Waals surface area contributed by atoms with Crippen molar-refractivity contribution in [2.45, 2.75) is 44.9 Å². The largest absolute Gasteiger partial charge is 0.358 e. The quantitative estimate of drug-likeness (QED) is 0.673. The molecular weight excluding hydrogens is 181 g/mol. The fraction of sp³-hybridized carbons (Fsp3) is 1.00. The summed E-state index contributed by atoms with van der Waals surface area (Å²) in [5.41, 5.74) is 0. The van der Waals surface area contributed by atoms with Gasteiger partial charge in [0.1, 0.15) is 6.17 Å². The highest BCUT2D eigenvalue weighted by Gasteiger charge is 2.42. The van der Waals surface area contributed by atoms with Gasteiger partial charge in [-0.1, -0.05) is 0 Å². The molecule has 0 N–H and O–H groups in total. The number of ether oxygens (including phenoxy) is 1. The number of rotatable bonds is 3. The summed E-state index contributed by atoms with van der Waals surface area (Å²) in [7, 11) is 0. The molecule has 1 aliphatic carbocycles. The van der Waals surface area contributed by atoms with Crippen molar-refractivity contribution < 1.29 is 17.9 Å². The summed E-state index contributed by atoms with van der Waals surface area (Å²) in [5, 5.41) is 0. The lowest BCUT2D eigenvalue weighted by atomic mass is 9.87. The van der Waals surface area contributed by atoms with Crippen LogP contribution in [0.15, 0.2) is 0 Å². The van der Waals surface area contributed by atoms with Crippen LogP contribution in [-0.4, -0.2) is 18.9 Å². The topological polar surface area (TPSA) is 9.23 Å². The zero-order valence-corrected chi connectivity index (χ0v) is 7.73. The lowest BCUT2D eigenvalue weighted by Gasteiger charge is -2.30. The highest BCUT2D eigenvalue weighted by atomic mass is 19.3. The maximum atomic E-state index is 13.1. The molecular formula is C9H15F3O. The van der Waals surface area contributed by atoms with Crippen LogP contribution in [-0.2, 0) is 4.74 Å². The van der Waals surface area contributed by atoms with Crippen molar-refractivity contribution in [1.82, 2.24) is 0 Å². The Hall–Kier alpha value is -0.250. The van der Waals surface area contributed by atoms with E-state index in [-0.39, 0.29) is 13.0 Å². The number of alkyl halides is 3. The van der Waals surface area contributed by atoms with E-state index in [1.807, 2.05) is 0 Å². The van der Waals surface area contributed by atoms with Crippen LogP contribution in [0.1, 0.15) is 32.6 Å². The SMILES string of the molecule is CCOC(F)(F)C1CCCC(F)C1. The van der Waals surface area contributed by atoms with Gasteiger partial charge in [0.25, 0.3) is 0 Å². The molecule has 0 saturated heterocycles. The standard InChI is InChI=1S/C9H15F3O/c1-2-13-9(11,12)7-4-3-5-8(10)6-7/h7-8H,2-6H2,1H3. The summed E-state index contributed by atoms with van der Waals surface area (Å²) in [6, 6.07) is 0. The molecule has 1 rings (SSSR count). The third kappa shape index (κ3) is 2.86. The molecule has 13 heavy (non-hydrogen) atoms. The predicted molar refractivity (Wildman–Crippen MR) is 43.4 cm³/mol. The van der Waals surface area contributed by atoms with E-state index in [0.717, 1.165) is 0 Å². The summed E-state index contributed by atoms with van der Waals surface area (Å²) >= 11 is 0. The van der Waals surface area contributed by atoms with Gasteiger partial charge >= 0.3 is 6.11 Å². The molecule has 2 atom stereocenters. The van der Waals surface area contributed by atoms with Crippen LogP contribution >= 0.6 is 0 Å². The van der Waals surface area contributed by atoms with Crippen molar-refractivity contribution in [3.8, 4) is 0 Å². The molecule has 0 aliphatic heterocycles. The Bertz CT molecular complexity index is 161. The summed E-state index contributed by atoms with van der Waals surface area (Å²) in [5.74, 6) is -0.934. The molecule has 1 fully saturated rings. The van der Waals surface area contributed by atoms with E-state index in [4.69, 9.17) is 0 Å². The Balaban J connectivity index is 2.48. The van der Waals surface area contributed by atoms with Gasteiger partial charge in [0.15, 0.2) is 0 Å². The van der Waals surface area contributed by atoms with Gasteiger partial charge in [-0.2, -0.15) is 8.78 Å². The van der Waals surface area contributed by atoms with Gasteiger partial charge < -0.3 is 4.74 Å². The molecule has 0 aromatic heterocycles. The fourth-order valence-electron chi connectivity index (χ4n) is 1.75. The van der Waals surface area contributed by atoms with Crippen LogP contribution in [0, 0.1) is 5.92 Å². The smallest absolute Gasteiger partial charge is 0.321 e. The second-order valence-electron chi connectivity index (χ2n) is 3.46. The van der Waals surface area contributed by atoms with E-state index in [1.165, 1.54) is 6.92 Å². The van der Waals surface area contributed by atoms with E-state index in [2.05, 4.69) is 4.74 Å². The summed E-state index contributed by atoms with van der Waals surface area (Å²) in [6.45, 7) is 1.49. The average Bonchev–Trinajstić information content (AvgIpc) is 2.04. The van der Waals surface area contributed by atoms with E-state index >= 15 is 0 Å². The van der Waals surface area contributed by atoms with Crippen LogP contribution < -0.4 is 0 Å². The minimum atomic E-state index is -3.14. The third-order valence-electron chi connectivity index (χ3n) is 2.42. The third-order valence-corrected chi connectivity index (χ3v) is 2.42. The second-order valence-corrected chi connectivity index (χ2v) is 3.46. The molecule has 2 unspecified atom stereocenters. The summed E-state index contributed by atoms with van der Waals surface area (Å²) in [4.78, 5) is 0. The molecule has 0 bridgehead atoms. The molecule has 1 aliphatic rings. The maximum Gasteiger partial charge on any atom is 0.358 e. The average molecular weight is 196 g/mol. The second kappa shape index (κ2) is 4.31. The minimum absolute atomic E-state index is 0.0273. The van der Waals surface area contributed by atoms with Gasteiger partial charge in [-0.3, -0.25) is 0 Å². The summed E-state index contributed by atoms with van der Waals surface area (Å²) < 4.78 is 43.3. The molecule has 0 aromatic carbocycles. The minimum Gasteiger partial charge on any atom is -0.321 e. The van der Waals surface area contributed by atoms with Crippen molar-refractivity contribution in [2.24, 2.45) is 5.92 Å². The number of halogens is 3. The predicted octanol–water partition coefficient (Wildman–Crippen LogP) is 3.14. The molecule has 1 nitrogen and oxygen atoms in total. The van der Waals surface area contributed by atoms with Gasteiger partial charge in [0.05, 0.1) is 12.5 Å². The van der Waals surface area contributed by atoms with E-state index in [0.29, 0.717) is 19.3 Å². The van der Waals surface area contributed by atoms with Gasteiger partial charge in [-0.25, -0.2) is 4.39 Å². The highest BCUT2D eigenvalue weighted by molar-refractivity contribution is 4.78. The van der Waals surface area contributed by atoms with Crippen molar-refractivity contribution in [2.75, 3.05) is 6.61 Å². The molecule has 78 valence electrons. The molecule has 0 aromatic rings. The molecule has 0 heterocycles. The number of hydrogen-bond donors (Lipinski definition) is 0. The monoisotopic (exact) mass is 196 g/mol. The van der Waals surface area contributed by atoms with Crippen molar-refractivity contribution in [1.29, 1.82) is 0 Å². The Kier molecular flexibility index (Phi) is 3.59. The fourth-order valence-corrected chi connectivity index (χ4v) is 1.75. The van der Waals surface area contributed by atoms with Gasteiger partial charge in [0.2, 0.25) is 0 Å². The van der Waals surface area contributed by atoms with Crippen LogP contribution in [0.3, 0.4) is 0 Å². The molecule has 0 radical (unpaired) electrons. The van der Waals surface area contributed by atoms with Gasteiger partial charge in [0, 0.05) is 0 Å². The molecule has 1 saturated carbocycles. The van der Waals surface area contributed by atoms with Gasteiger partial charge in [-0.05, 0) is 32.6 Å². The first kappa shape index (κ1) is 10.8. The van der Waals surface area contributed by atoms with Crippen LogP contribution in [0.2, 0.25) is 0 Å². The molecule has 4 heteroatoms. The molecule has 0 spiro atoms. The zero-order chi connectivity index (χ0) is 9.90. The first-order chi connectivity index (χ1) is 6.06. The zero-order valence-electron chi connectivity index (χ0n) is 7.73. The highest BCUT2D eigenvalue weighted by Crippen LogP contribution is 2.38. The maximum absolute atomic E-state index is 13.1. The van der Waals surface area contributed by atoms with Crippen molar-refractivity contribution >= 4 is 0 Å². The first-order valence-electron chi connectivity index (χ1n) is 4.72. The van der Waals surface area contributed by atoms with Crippen molar-refractivity contribution in [3.05, 3.63) is 0 Å². The number of hydrogen-bond acceptors (Lipinski definition) is 1. The van der Waals surface area contributed by atoms with Crippen LogP contribution in [0.5, 0.6) is 0 Å². The Labute approximate surface area is 76.3 Å².